The first-order chi connectivity index (χ1) is 8.18. The number of carbonyl (C=O) groups excluding carboxylic acids is 1. The first kappa shape index (κ1) is 12.9. The van der Waals surface area contributed by atoms with E-state index < -0.39 is 0 Å². The van der Waals surface area contributed by atoms with Crippen LogP contribution in [0, 0.1) is 5.92 Å². The molecule has 1 saturated carbocycles. The molecule has 1 aliphatic carbocycles. The van der Waals surface area contributed by atoms with Crippen molar-refractivity contribution in [2.45, 2.75) is 76.4 Å². The molecule has 1 aliphatic heterocycles. The number of amides is 1. The standard InChI is InChI=1S/C14H25NO2/c1-2-3-6-11-12(16)7-4-9-14(11)10-5-8-13(17)15-14/h11-12,16H,2-10H2,1H3,(H,15,17)/t11-,12+,14+/m0/s1. The van der Waals surface area contributed by atoms with Gasteiger partial charge in [0.2, 0.25) is 5.91 Å². The number of aliphatic hydroxyl groups is 1. The Hall–Kier alpha value is -0.570. The van der Waals surface area contributed by atoms with Gasteiger partial charge in [-0.2, -0.15) is 0 Å². The van der Waals surface area contributed by atoms with Crippen molar-refractivity contribution < 1.29 is 9.90 Å². The smallest absolute Gasteiger partial charge is 0.220 e. The lowest BCUT2D eigenvalue weighted by Crippen LogP contribution is -2.60. The Labute approximate surface area is 104 Å². The van der Waals surface area contributed by atoms with Crippen molar-refractivity contribution in [3.63, 3.8) is 0 Å². The Morgan fingerprint density at radius 1 is 1.41 bits per heavy atom. The van der Waals surface area contributed by atoms with Gasteiger partial charge in [0.15, 0.2) is 0 Å². The Morgan fingerprint density at radius 3 is 2.88 bits per heavy atom. The Morgan fingerprint density at radius 2 is 2.18 bits per heavy atom. The highest BCUT2D eigenvalue weighted by Gasteiger charge is 2.46. The number of aliphatic hydroxyl groups excluding tert-OH is 1. The van der Waals surface area contributed by atoms with Gasteiger partial charge >= 0.3 is 0 Å². The topological polar surface area (TPSA) is 49.3 Å². The summed E-state index contributed by atoms with van der Waals surface area (Å²) >= 11 is 0. The predicted molar refractivity (Wildman–Crippen MR) is 67.6 cm³/mol. The lowest BCUT2D eigenvalue weighted by Gasteiger charge is -2.49. The van der Waals surface area contributed by atoms with Gasteiger partial charge in [-0.15, -0.1) is 0 Å². The molecule has 0 bridgehead atoms. The molecule has 0 unspecified atom stereocenters. The van der Waals surface area contributed by atoms with E-state index in [-0.39, 0.29) is 23.5 Å². The summed E-state index contributed by atoms with van der Waals surface area (Å²) in [6.45, 7) is 2.18. The normalized spacial score (nSPS) is 38.1. The van der Waals surface area contributed by atoms with Crippen molar-refractivity contribution in [2.75, 3.05) is 0 Å². The second-order valence-electron chi connectivity index (χ2n) is 5.77. The molecule has 1 amide bonds. The molecule has 0 radical (unpaired) electrons. The zero-order chi connectivity index (χ0) is 12.3. The largest absolute Gasteiger partial charge is 0.393 e. The van der Waals surface area contributed by atoms with Crippen LogP contribution in [0.4, 0.5) is 0 Å². The number of unbranched alkanes of at least 4 members (excludes halogenated alkanes) is 1. The number of piperidine rings is 1. The van der Waals surface area contributed by atoms with E-state index in [2.05, 4.69) is 12.2 Å². The van der Waals surface area contributed by atoms with Crippen molar-refractivity contribution >= 4 is 5.91 Å². The van der Waals surface area contributed by atoms with E-state index in [0.29, 0.717) is 6.42 Å². The maximum Gasteiger partial charge on any atom is 0.220 e. The number of hydrogen-bond acceptors (Lipinski definition) is 2. The Bertz CT molecular complexity index is 275. The van der Waals surface area contributed by atoms with Crippen LogP contribution < -0.4 is 5.32 Å². The van der Waals surface area contributed by atoms with Crippen LogP contribution in [0.1, 0.15) is 64.7 Å². The van der Waals surface area contributed by atoms with Gasteiger partial charge in [0.1, 0.15) is 0 Å². The van der Waals surface area contributed by atoms with E-state index >= 15 is 0 Å². The van der Waals surface area contributed by atoms with Crippen molar-refractivity contribution in [1.29, 1.82) is 0 Å². The summed E-state index contributed by atoms with van der Waals surface area (Å²) in [6, 6.07) is 0. The minimum atomic E-state index is -0.214. The Kier molecular flexibility index (Phi) is 4.08. The molecule has 3 atom stereocenters. The second kappa shape index (κ2) is 5.38. The molecule has 1 heterocycles. The SMILES string of the molecule is CCCC[C@H]1[C@H](O)CCC[C@@]12CCCC(=O)N2. The van der Waals surface area contributed by atoms with E-state index in [4.69, 9.17) is 0 Å². The van der Waals surface area contributed by atoms with E-state index in [1.165, 1.54) is 0 Å². The van der Waals surface area contributed by atoms with Gasteiger partial charge in [0.05, 0.1) is 6.10 Å². The van der Waals surface area contributed by atoms with Gasteiger partial charge in [-0.1, -0.05) is 19.8 Å². The average Bonchev–Trinajstić information content (AvgIpc) is 2.28. The van der Waals surface area contributed by atoms with Crippen molar-refractivity contribution in [2.24, 2.45) is 5.92 Å². The molecule has 2 N–H and O–H groups in total. The van der Waals surface area contributed by atoms with Crippen LogP contribution >= 0.6 is 0 Å². The van der Waals surface area contributed by atoms with Crippen LogP contribution in [-0.4, -0.2) is 22.7 Å². The monoisotopic (exact) mass is 239 g/mol. The molecule has 0 aromatic heterocycles. The minimum absolute atomic E-state index is 0.0812. The van der Waals surface area contributed by atoms with E-state index in [1.807, 2.05) is 0 Å². The Balaban J connectivity index is 2.12. The highest BCUT2D eigenvalue weighted by Crippen LogP contribution is 2.42. The maximum absolute atomic E-state index is 11.7. The molecule has 2 fully saturated rings. The summed E-state index contributed by atoms with van der Waals surface area (Å²) in [5, 5.41) is 13.5. The molecule has 98 valence electrons. The summed E-state index contributed by atoms with van der Waals surface area (Å²) in [4.78, 5) is 11.7. The summed E-state index contributed by atoms with van der Waals surface area (Å²) in [5.41, 5.74) is -0.0812. The maximum atomic E-state index is 11.7. The lowest BCUT2D eigenvalue weighted by molar-refractivity contribution is -0.129. The third kappa shape index (κ3) is 2.65. The zero-order valence-corrected chi connectivity index (χ0v) is 10.9. The predicted octanol–water partition coefficient (Wildman–Crippen LogP) is 2.38. The van der Waals surface area contributed by atoms with Crippen molar-refractivity contribution in [3.8, 4) is 0 Å². The van der Waals surface area contributed by atoms with Crippen molar-refractivity contribution in [3.05, 3.63) is 0 Å². The summed E-state index contributed by atoms with van der Waals surface area (Å²) < 4.78 is 0. The highest BCUT2D eigenvalue weighted by atomic mass is 16.3. The van der Waals surface area contributed by atoms with Crippen LogP contribution in [-0.2, 0) is 4.79 Å². The van der Waals surface area contributed by atoms with Gasteiger partial charge in [-0.3, -0.25) is 4.79 Å². The second-order valence-corrected chi connectivity index (χ2v) is 5.77. The summed E-state index contributed by atoms with van der Waals surface area (Å²) in [7, 11) is 0. The fourth-order valence-electron chi connectivity index (χ4n) is 3.71. The molecule has 3 nitrogen and oxygen atoms in total. The van der Waals surface area contributed by atoms with E-state index in [9.17, 15) is 9.90 Å². The zero-order valence-electron chi connectivity index (χ0n) is 10.9. The molecule has 0 aromatic rings. The number of nitrogens with one attached hydrogen (secondary N) is 1. The minimum Gasteiger partial charge on any atom is -0.393 e. The van der Waals surface area contributed by atoms with Gasteiger partial charge in [0, 0.05) is 17.9 Å². The van der Waals surface area contributed by atoms with Crippen LogP contribution in [0.3, 0.4) is 0 Å². The van der Waals surface area contributed by atoms with E-state index in [0.717, 1.165) is 51.4 Å². The van der Waals surface area contributed by atoms with Crippen LogP contribution in [0.15, 0.2) is 0 Å². The summed E-state index contributed by atoms with van der Waals surface area (Å²) in [6.07, 6.45) is 8.88. The molecule has 0 aromatic carbocycles. The van der Waals surface area contributed by atoms with Gasteiger partial charge in [-0.05, 0) is 38.5 Å². The molecule has 2 aliphatic rings. The van der Waals surface area contributed by atoms with Crippen LogP contribution in [0.2, 0.25) is 0 Å². The van der Waals surface area contributed by atoms with Gasteiger partial charge in [-0.25, -0.2) is 0 Å². The first-order valence-corrected chi connectivity index (χ1v) is 7.17. The number of hydrogen-bond donors (Lipinski definition) is 2. The van der Waals surface area contributed by atoms with Gasteiger partial charge in [0.25, 0.3) is 0 Å². The van der Waals surface area contributed by atoms with Crippen molar-refractivity contribution in [1.82, 2.24) is 5.32 Å². The lowest BCUT2D eigenvalue weighted by atomic mass is 9.65. The van der Waals surface area contributed by atoms with Crippen LogP contribution in [0.25, 0.3) is 0 Å². The average molecular weight is 239 g/mol. The highest BCUT2D eigenvalue weighted by molar-refractivity contribution is 5.77. The number of rotatable bonds is 3. The molecule has 2 rings (SSSR count). The fraction of sp³-hybridized carbons (Fsp3) is 0.929. The summed E-state index contributed by atoms with van der Waals surface area (Å²) in [5.74, 6) is 0.465. The molecule has 3 heteroatoms. The first-order valence-electron chi connectivity index (χ1n) is 7.17. The molecule has 1 saturated heterocycles. The quantitative estimate of drug-likeness (QED) is 0.794. The molecular weight excluding hydrogens is 214 g/mol. The van der Waals surface area contributed by atoms with E-state index in [1.54, 1.807) is 0 Å². The van der Waals surface area contributed by atoms with Crippen LogP contribution in [0.5, 0.6) is 0 Å². The third-order valence-corrected chi connectivity index (χ3v) is 4.58. The molecule has 1 spiro atoms. The molecule has 17 heavy (non-hydrogen) atoms. The fourth-order valence-corrected chi connectivity index (χ4v) is 3.71. The third-order valence-electron chi connectivity index (χ3n) is 4.58. The molecular formula is C14H25NO2. The number of carbonyl (C=O) groups is 1. The van der Waals surface area contributed by atoms with Gasteiger partial charge < -0.3 is 10.4 Å².